The summed E-state index contributed by atoms with van der Waals surface area (Å²) in [6.07, 6.45) is -4.37. The number of halogens is 3. The van der Waals surface area contributed by atoms with Crippen molar-refractivity contribution in [2.45, 2.75) is 26.9 Å². The van der Waals surface area contributed by atoms with Gasteiger partial charge in [0.2, 0.25) is 0 Å². The van der Waals surface area contributed by atoms with Crippen molar-refractivity contribution >= 4 is 5.69 Å². The first kappa shape index (κ1) is 14.4. The smallest absolute Gasteiger partial charge is 0.398 e. The Hall–Kier alpha value is -1.97. The average Bonchev–Trinajstić information content (AvgIpc) is 2.33. The monoisotopic (exact) mass is 279 g/mol. The number of anilines is 1. The van der Waals surface area contributed by atoms with E-state index in [1.165, 1.54) is 6.07 Å². The van der Waals surface area contributed by atoms with Crippen LogP contribution in [0.1, 0.15) is 22.3 Å². The van der Waals surface area contributed by atoms with Crippen molar-refractivity contribution in [1.29, 1.82) is 0 Å². The molecule has 0 amide bonds. The average molecular weight is 279 g/mol. The van der Waals surface area contributed by atoms with Gasteiger partial charge >= 0.3 is 6.18 Å². The van der Waals surface area contributed by atoms with Gasteiger partial charge in [0.1, 0.15) is 0 Å². The Morgan fingerprint density at radius 2 is 1.40 bits per heavy atom. The van der Waals surface area contributed by atoms with Crippen LogP contribution in [0.3, 0.4) is 0 Å². The van der Waals surface area contributed by atoms with Gasteiger partial charge in [-0.3, -0.25) is 0 Å². The second-order valence-electron chi connectivity index (χ2n) is 5.05. The molecule has 2 aromatic carbocycles. The van der Waals surface area contributed by atoms with E-state index in [-0.39, 0.29) is 5.69 Å². The van der Waals surface area contributed by atoms with Crippen molar-refractivity contribution in [1.82, 2.24) is 0 Å². The van der Waals surface area contributed by atoms with Crippen LogP contribution in [0, 0.1) is 20.8 Å². The molecule has 0 aromatic heterocycles. The van der Waals surface area contributed by atoms with Gasteiger partial charge in [0.05, 0.1) is 5.56 Å². The minimum Gasteiger partial charge on any atom is -0.398 e. The Labute approximate surface area is 116 Å². The maximum atomic E-state index is 12.6. The van der Waals surface area contributed by atoms with E-state index in [1.54, 1.807) is 0 Å². The maximum absolute atomic E-state index is 12.6. The largest absolute Gasteiger partial charge is 0.416 e. The van der Waals surface area contributed by atoms with Crippen LogP contribution in [0.4, 0.5) is 18.9 Å². The molecule has 0 radical (unpaired) electrons. The van der Waals surface area contributed by atoms with Crippen LogP contribution in [0.2, 0.25) is 0 Å². The Balaban J connectivity index is 2.57. The molecule has 2 aromatic rings. The third kappa shape index (κ3) is 2.64. The summed E-state index contributed by atoms with van der Waals surface area (Å²) in [5.41, 5.74) is 9.98. The van der Waals surface area contributed by atoms with Gasteiger partial charge < -0.3 is 5.73 Å². The van der Waals surface area contributed by atoms with Crippen molar-refractivity contribution in [3.05, 3.63) is 52.6 Å². The van der Waals surface area contributed by atoms with E-state index in [9.17, 15) is 13.2 Å². The van der Waals surface area contributed by atoms with Crippen LogP contribution in [0.15, 0.2) is 30.3 Å². The second-order valence-corrected chi connectivity index (χ2v) is 5.05. The molecule has 2 rings (SSSR count). The Morgan fingerprint density at radius 3 is 1.95 bits per heavy atom. The Kier molecular flexibility index (Phi) is 3.50. The summed E-state index contributed by atoms with van der Waals surface area (Å²) in [4.78, 5) is 0. The van der Waals surface area contributed by atoms with Crippen LogP contribution in [-0.4, -0.2) is 0 Å². The molecular formula is C16H16F3N. The minimum absolute atomic E-state index is 0.145. The van der Waals surface area contributed by atoms with Gasteiger partial charge in [-0.25, -0.2) is 0 Å². The van der Waals surface area contributed by atoms with Crippen molar-refractivity contribution in [2.24, 2.45) is 0 Å². The van der Waals surface area contributed by atoms with E-state index in [2.05, 4.69) is 0 Å². The first-order valence-electron chi connectivity index (χ1n) is 6.25. The lowest BCUT2D eigenvalue weighted by atomic mass is 9.94. The summed E-state index contributed by atoms with van der Waals surface area (Å²) in [5, 5.41) is 0. The molecule has 1 nitrogen and oxygen atoms in total. The summed E-state index contributed by atoms with van der Waals surface area (Å²) in [6.45, 7) is 5.90. The molecule has 0 saturated carbocycles. The van der Waals surface area contributed by atoms with Gasteiger partial charge in [-0.1, -0.05) is 18.2 Å². The topological polar surface area (TPSA) is 26.0 Å². The summed E-state index contributed by atoms with van der Waals surface area (Å²) < 4.78 is 37.9. The minimum atomic E-state index is -4.37. The quantitative estimate of drug-likeness (QED) is 0.740. The van der Waals surface area contributed by atoms with Crippen molar-refractivity contribution in [3.63, 3.8) is 0 Å². The van der Waals surface area contributed by atoms with Gasteiger partial charge in [-0.15, -0.1) is 0 Å². The molecule has 0 aliphatic rings. The Morgan fingerprint density at radius 1 is 0.800 bits per heavy atom. The zero-order valence-electron chi connectivity index (χ0n) is 11.6. The molecule has 20 heavy (non-hydrogen) atoms. The van der Waals surface area contributed by atoms with Gasteiger partial charge in [0, 0.05) is 11.3 Å². The van der Waals surface area contributed by atoms with Crippen LogP contribution < -0.4 is 5.73 Å². The van der Waals surface area contributed by atoms with E-state index in [1.807, 2.05) is 32.9 Å². The predicted octanol–water partition coefficient (Wildman–Crippen LogP) is 4.88. The Bertz CT molecular complexity index is 658. The van der Waals surface area contributed by atoms with Crippen molar-refractivity contribution in [2.75, 3.05) is 5.73 Å². The van der Waals surface area contributed by atoms with Crippen LogP contribution in [0.25, 0.3) is 11.1 Å². The summed E-state index contributed by atoms with van der Waals surface area (Å²) in [7, 11) is 0. The van der Waals surface area contributed by atoms with Gasteiger partial charge in [0.15, 0.2) is 0 Å². The highest BCUT2D eigenvalue weighted by Gasteiger charge is 2.30. The van der Waals surface area contributed by atoms with E-state index < -0.39 is 11.7 Å². The van der Waals surface area contributed by atoms with E-state index in [0.717, 1.165) is 34.4 Å². The van der Waals surface area contributed by atoms with Gasteiger partial charge in [0.25, 0.3) is 0 Å². The van der Waals surface area contributed by atoms with Crippen molar-refractivity contribution in [3.8, 4) is 11.1 Å². The lowest BCUT2D eigenvalue weighted by molar-refractivity contribution is -0.137. The SMILES string of the molecule is Cc1cc(C)c(-c2ccc(C(F)(F)F)cc2N)cc1C. The van der Waals surface area contributed by atoms with Crippen LogP contribution in [0.5, 0.6) is 0 Å². The number of rotatable bonds is 1. The molecule has 2 N–H and O–H groups in total. The highest BCUT2D eigenvalue weighted by molar-refractivity contribution is 5.79. The summed E-state index contributed by atoms with van der Waals surface area (Å²) >= 11 is 0. The zero-order chi connectivity index (χ0) is 15.1. The molecule has 0 heterocycles. The lowest BCUT2D eigenvalue weighted by Crippen LogP contribution is -2.06. The second kappa shape index (κ2) is 4.85. The molecule has 0 saturated heterocycles. The fourth-order valence-corrected chi connectivity index (χ4v) is 2.24. The molecule has 0 unspecified atom stereocenters. The number of benzene rings is 2. The lowest BCUT2D eigenvalue weighted by Gasteiger charge is -2.14. The summed E-state index contributed by atoms with van der Waals surface area (Å²) in [6, 6.07) is 7.48. The van der Waals surface area contributed by atoms with E-state index in [0.29, 0.717) is 5.56 Å². The van der Waals surface area contributed by atoms with Crippen molar-refractivity contribution < 1.29 is 13.2 Å². The number of nitrogens with two attached hydrogens (primary N) is 1. The van der Waals surface area contributed by atoms with E-state index >= 15 is 0 Å². The number of nitrogen functional groups attached to an aromatic ring is 1. The fourth-order valence-electron chi connectivity index (χ4n) is 2.24. The van der Waals surface area contributed by atoms with Gasteiger partial charge in [-0.2, -0.15) is 13.2 Å². The third-order valence-corrected chi connectivity index (χ3v) is 3.51. The number of hydrogen-bond acceptors (Lipinski definition) is 1. The maximum Gasteiger partial charge on any atom is 0.416 e. The normalized spacial score (nSPS) is 11.7. The highest BCUT2D eigenvalue weighted by atomic mass is 19.4. The first-order chi connectivity index (χ1) is 9.20. The predicted molar refractivity (Wildman–Crippen MR) is 75.5 cm³/mol. The zero-order valence-corrected chi connectivity index (χ0v) is 11.6. The number of alkyl halides is 3. The molecule has 0 aliphatic heterocycles. The number of aryl methyl sites for hydroxylation is 3. The van der Waals surface area contributed by atoms with E-state index in [4.69, 9.17) is 5.73 Å². The molecule has 0 aliphatic carbocycles. The molecule has 106 valence electrons. The van der Waals surface area contributed by atoms with Gasteiger partial charge in [-0.05, 0) is 55.2 Å². The van der Waals surface area contributed by atoms with Crippen LogP contribution in [-0.2, 0) is 6.18 Å². The molecule has 0 spiro atoms. The number of hydrogen-bond donors (Lipinski definition) is 1. The third-order valence-electron chi connectivity index (χ3n) is 3.51. The molecule has 0 bridgehead atoms. The standard InChI is InChI=1S/C16H16F3N/c1-9-6-11(3)14(7-10(9)2)13-5-4-12(8-15(13)20)16(17,18)19/h4-8H,20H2,1-3H3. The fraction of sp³-hybridized carbons (Fsp3) is 0.250. The first-order valence-corrected chi connectivity index (χ1v) is 6.25. The summed E-state index contributed by atoms with van der Waals surface area (Å²) in [5.74, 6) is 0. The highest BCUT2D eigenvalue weighted by Crippen LogP contribution is 2.36. The molecule has 4 heteroatoms. The molecule has 0 atom stereocenters. The molecule has 0 fully saturated rings. The van der Waals surface area contributed by atoms with Crippen LogP contribution >= 0.6 is 0 Å². The molecular weight excluding hydrogens is 263 g/mol.